The predicted octanol–water partition coefficient (Wildman–Crippen LogP) is 4.47. The summed E-state index contributed by atoms with van der Waals surface area (Å²) in [5.74, 6) is -0.547. The number of carbonyl (C=O) groups is 1. The van der Waals surface area contributed by atoms with Gasteiger partial charge >= 0.3 is 5.97 Å². The van der Waals surface area contributed by atoms with Gasteiger partial charge in [0.25, 0.3) is 0 Å². The smallest absolute Gasteiger partial charge is 0.313 e. The Morgan fingerprint density at radius 2 is 1.89 bits per heavy atom. The van der Waals surface area contributed by atoms with Gasteiger partial charge in [0.2, 0.25) is 0 Å². The van der Waals surface area contributed by atoms with Gasteiger partial charge in [-0.3, -0.25) is 0 Å². The van der Waals surface area contributed by atoms with Crippen LogP contribution >= 0.6 is 23.2 Å². The Bertz CT molecular complexity index is 478. The zero-order valence-electron chi connectivity index (χ0n) is 9.79. The number of oxime groups is 1. The molecule has 1 aliphatic carbocycles. The van der Waals surface area contributed by atoms with Gasteiger partial charge in [0.05, 0.1) is 16.3 Å². The van der Waals surface area contributed by atoms with Crippen molar-refractivity contribution in [3.8, 4) is 0 Å². The van der Waals surface area contributed by atoms with Crippen molar-refractivity contribution in [1.82, 2.24) is 0 Å². The molecule has 2 rings (SSSR count). The molecular weight excluding hydrogens is 273 g/mol. The summed E-state index contributed by atoms with van der Waals surface area (Å²) in [5.41, 5.74) is 1.22. The van der Waals surface area contributed by atoms with E-state index in [1.54, 1.807) is 6.07 Å². The first-order valence-electron chi connectivity index (χ1n) is 5.89. The van der Waals surface area contributed by atoms with Gasteiger partial charge in [0.15, 0.2) is 0 Å². The Morgan fingerprint density at radius 3 is 2.56 bits per heavy atom. The van der Waals surface area contributed by atoms with Crippen molar-refractivity contribution in [2.45, 2.75) is 32.1 Å². The van der Waals surface area contributed by atoms with Gasteiger partial charge in [-0.1, -0.05) is 34.8 Å². The zero-order chi connectivity index (χ0) is 13.0. The SMILES string of the molecule is O=C(ON=C1CCCCC1)c1ccc(Cl)cc1Cl. The van der Waals surface area contributed by atoms with Crippen molar-refractivity contribution in [2.24, 2.45) is 5.16 Å². The molecule has 0 radical (unpaired) electrons. The van der Waals surface area contributed by atoms with Crippen molar-refractivity contribution in [1.29, 1.82) is 0 Å². The lowest BCUT2D eigenvalue weighted by Crippen LogP contribution is -2.08. The molecule has 0 saturated heterocycles. The predicted molar refractivity (Wildman–Crippen MR) is 72.4 cm³/mol. The minimum atomic E-state index is -0.547. The molecule has 18 heavy (non-hydrogen) atoms. The second kappa shape index (κ2) is 6.21. The Morgan fingerprint density at radius 1 is 1.17 bits per heavy atom. The van der Waals surface area contributed by atoms with Crippen LogP contribution in [0.3, 0.4) is 0 Å². The van der Waals surface area contributed by atoms with E-state index < -0.39 is 5.97 Å². The summed E-state index contributed by atoms with van der Waals surface area (Å²) in [6.45, 7) is 0. The molecule has 0 bridgehead atoms. The summed E-state index contributed by atoms with van der Waals surface area (Å²) in [4.78, 5) is 16.7. The molecule has 3 nitrogen and oxygen atoms in total. The summed E-state index contributed by atoms with van der Waals surface area (Å²) in [6, 6.07) is 4.64. The van der Waals surface area contributed by atoms with Crippen LogP contribution in [0.15, 0.2) is 23.4 Å². The molecule has 1 aliphatic rings. The van der Waals surface area contributed by atoms with Crippen molar-refractivity contribution in [3.63, 3.8) is 0 Å². The van der Waals surface area contributed by atoms with Gasteiger partial charge in [-0.15, -0.1) is 0 Å². The molecule has 0 N–H and O–H groups in total. The van der Waals surface area contributed by atoms with Gasteiger partial charge in [-0.05, 0) is 43.9 Å². The molecule has 0 amide bonds. The Balaban J connectivity index is 2.03. The molecular formula is C13H13Cl2NO2. The fourth-order valence-electron chi connectivity index (χ4n) is 1.86. The third kappa shape index (κ3) is 3.47. The third-order valence-corrected chi connectivity index (χ3v) is 3.39. The van der Waals surface area contributed by atoms with E-state index in [1.807, 2.05) is 0 Å². The van der Waals surface area contributed by atoms with Crippen LogP contribution in [0.2, 0.25) is 10.0 Å². The van der Waals surface area contributed by atoms with E-state index in [2.05, 4.69) is 5.16 Å². The quantitative estimate of drug-likeness (QED) is 0.594. The van der Waals surface area contributed by atoms with Crippen LogP contribution < -0.4 is 0 Å². The van der Waals surface area contributed by atoms with Crippen molar-refractivity contribution >= 4 is 34.9 Å². The largest absolute Gasteiger partial charge is 0.367 e. The average Bonchev–Trinajstić information content (AvgIpc) is 2.37. The standard InChI is InChI=1S/C13H13Cl2NO2/c14-9-6-7-11(12(15)8-9)13(17)18-16-10-4-2-1-3-5-10/h6-8H,1-5H2. The first-order chi connectivity index (χ1) is 8.66. The highest BCUT2D eigenvalue weighted by Gasteiger charge is 2.14. The molecule has 1 aromatic rings. The number of carbonyl (C=O) groups excluding carboxylic acids is 1. The minimum Gasteiger partial charge on any atom is -0.313 e. The van der Waals surface area contributed by atoms with Crippen molar-refractivity contribution in [2.75, 3.05) is 0 Å². The number of hydrogen-bond acceptors (Lipinski definition) is 3. The van der Waals surface area contributed by atoms with Gasteiger partial charge in [-0.2, -0.15) is 0 Å². The van der Waals surface area contributed by atoms with E-state index in [-0.39, 0.29) is 10.6 Å². The summed E-state index contributed by atoms with van der Waals surface area (Å²) in [6.07, 6.45) is 5.25. The number of benzene rings is 1. The van der Waals surface area contributed by atoms with Crippen LogP contribution in [0.5, 0.6) is 0 Å². The fraction of sp³-hybridized carbons (Fsp3) is 0.385. The molecule has 0 spiro atoms. The van der Waals surface area contributed by atoms with E-state index >= 15 is 0 Å². The second-order valence-corrected chi connectivity index (χ2v) is 5.06. The van der Waals surface area contributed by atoms with Gasteiger partial charge in [0, 0.05) is 5.02 Å². The molecule has 1 aromatic carbocycles. The summed E-state index contributed by atoms with van der Waals surface area (Å²) in [5, 5.41) is 4.65. The highest BCUT2D eigenvalue weighted by Crippen LogP contribution is 2.22. The summed E-state index contributed by atoms with van der Waals surface area (Å²) >= 11 is 11.7. The lowest BCUT2D eigenvalue weighted by Gasteiger charge is -2.11. The van der Waals surface area contributed by atoms with Crippen LogP contribution in [0, 0.1) is 0 Å². The highest BCUT2D eigenvalue weighted by molar-refractivity contribution is 6.36. The maximum Gasteiger partial charge on any atom is 0.367 e. The van der Waals surface area contributed by atoms with E-state index in [4.69, 9.17) is 28.0 Å². The second-order valence-electron chi connectivity index (χ2n) is 4.22. The van der Waals surface area contributed by atoms with Crippen LogP contribution in [0.25, 0.3) is 0 Å². The van der Waals surface area contributed by atoms with Crippen molar-refractivity contribution in [3.05, 3.63) is 33.8 Å². The number of halogens is 2. The summed E-state index contributed by atoms with van der Waals surface area (Å²) in [7, 11) is 0. The van der Waals surface area contributed by atoms with E-state index in [0.29, 0.717) is 5.02 Å². The van der Waals surface area contributed by atoms with Crippen LogP contribution in [-0.2, 0) is 4.84 Å². The normalized spacial score (nSPS) is 15.3. The molecule has 1 fully saturated rings. The first kappa shape index (κ1) is 13.4. The van der Waals surface area contributed by atoms with Crippen LogP contribution in [-0.4, -0.2) is 11.7 Å². The minimum absolute atomic E-state index is 0.274. The molecule has 0 atom stereocenters. The van der Waals surface area contributed by atoms with E-state index in [9.17, 15) is 4.79 Å². The topological polar surface area (TPSA) is 38.7 Å². The average molecular weight is 286 g/mol. The number of hydrogen-bond donors (Lipinski definition) is 0. The summed E-state index contributed by atoms with van der Waals surface area (Å²) < 4.78 is 0. The number of nitrogens with zero attached hydrogens (tertiary/aromatic N) is 1. The lowest BCUT2D eigenvalue weighted by atomic mass is 9.99. The third-order valence-electron chi connectivity index (χ3n) is 2.84. The maximum atomic E-state index is 11.8. The maximum absolute atomic E-state index is 11.8. The fourth-order valence-corrected chi connectivity index (χ4v) is 2.35. The molecule has 5 heteroatoms. The molecule has 0 aliphatic heterocycles. The molecule has 0 heterocycles. The van der Waals surface area contributed by atoms with Crippen LogP contribution in [0.1, 0.15) is 42.5 Å². The van der Waals surface area contributed by atoms with Crippen molar-refractivity contribution < 1.29 is 9.63 Å². The lowest BCUT2D eigenvalue weighted by molar-refractivity contribution is 0.0514. The number of rotatable bonds is 2. The zero-order valence-corrected chi connectivity index (χ0v) is 11.3. The van der Waals surface area contributed by atoms with E-state index in [1.165, 1.54) is 18.6 Å². The molecule has 1 saturated carbocycles. The molecule has 0 unspecified atom stereocenters. The van der Waals surface area contributed by atoms with Gasteiger partial charge in [-0.25, -0.2) is 4.79 Å². The van der Waals surface area contributed by atoms with Gasteiger partial charge in [0.1, 0.15) is 0 Å². The van der Waals surface area contributed by atoms with Crippen LogP contribution in [0.4, 0.5) is 0 Å². The molecule has 96 valence electrons. The highest BCUT2D eigenvalue weighted by atomic mass is 35.5. The monoisotopic (exact) mass is 285 g/mol. The Kier molecular flexibility index (Phi) is 4.61. The first-order valence-corrected chi connectivity index (χ1v) is 6.64. The Labute approximate surface area is 116 Å². The molecule has 0 aromatic heterocycles. The van der Waals surface area contributed by atoms with Gasteiger partial charge < -0.3 is 4.84 Å². The van der Waals surface area contributed by atoms with E-state index in [0.717, 1.165) is 31.4 Å². The Hall–Kier alpha value is -1.06.